The molecule has 0 fully saturated rings. The van der Waals surface area contributed by atoms with E-state index in [1.165, 1.54) is 23.5 Å². The van der Waals surface area contributed by atoms with Gasteiger partial charge in [0.1, 0.15) is 6.07 Å². The summed E-state index contributed by atoms with van der Waals surface area (Å²) in [7, 11) is 0. The van der Waals surface area contributed by atoms with E-state index in [9.17, 15) is 14.9 Å². The number of amides is 1. The van der Waals surface area contributed by atoms with Crippen molar-refractivity contribution >= 4 is 60.5 Å². The summed E-state index contributed by atoms with van der Waals surface area (Å²) < 4.78 is 1.53. The van der Waals surface area contributed by atoms with Crippen LogP contribution in [-0.4, -0.2) is 10.8 Å². The van der Waals surface area contributed by atoms with Crippen LogP contribution in [0.3, 0.4) is 0 Å². The number of nitriles is 1. The standard InChI is InChI=1S/C12H5Br2N3O3S/c13-8-4-10(21-11(8)14)12(18)16-9-2-1-7(17(19)20)3-6(9)5-15/h1-4H,(H,16,18). The van der Waals surface area contributed by atoms with Gasteiger partial charge < -0.3 is 5.32 Å². The number of thiophene rings is 1. The molecule has 0 aliphatic rings. The average Bonchev–Trinajstić information content (AvgIpc) is 2.79. The highest BCUT2D eigenvalue weighted by atomic mass is 79.9. The van der Waals surface area contributed by atoms with E-state index in [1.54, 1.807) is 6.07 Å². The van der Waals surface area contributed by atoms with Crippen LogP contribution in [0, 0.1) is 21.4 Å². The molecule has 0 saturated heterocycles. The van der Waals surface area contributed by atoms with Crippen molar-refractivity contribution in [3.05, 3.63) is 53.1 Å². The number of nitrogens with one attached hydrogen (secondary N) is 1. The van der Waals surface area contributed by atoms with E-state index < -0.39 is 10.8 Å². The van der Waals surface area contributed by atoms with Crippen LogP contribution in [0.15, 0.2) is 32.5 Å². The predicted molar refractivity (Wildman–Crippen MR) is 85.5 cm³/mol. The molecule has 1 heterocycles. The minimum atomic E-state index is -0.597. The largest absolute Gasteiger partial charge is 0.320 e. The predicted octanol–water partition coefficient (Wildman–Crippen LogP) is 4.31. The van der Waals surface area contributed by atoms with Gasteiger partial charge in [0.15, 0.2) is 0 Å². The number of carbonyl (C=O) groups is 1. The molecule has 0 atom stereocenters. The van der Waals surface area contributed by atoms with E-state index >= 15 is 0 Å². The molecule has 0 unspecified atom stereocenters. The molecule has 21 heavy (non-hydrogen) atoms. The maximum atomic E-state index is 12.1. The Balaban J connectivity index is 2.29. The van der Waals surface area contributed by atoms with E-state index in [1.807, 2.05) is 6.07 Å². The van der Waals surface area contributed by atoms with E-state index in [0.717, 1.165) is 14.3 Å². The van der Waals surface area contributed by atoms with Crippen molar-refractivity contribution in [1.82, 2.24) is 0 Å². The van der Waals surface area contributed by atoms with Crippen LogP contribution < -0.4 is 5.32 Å². The van der Waals surface area contributed by atoms with Gasteiger partial charge in [-0.1, -0.05) is 0 Å². The highest BCUT2D eigenvalue weighted by Crippen LogP contribution is 2.33. The monoisotopic (exact) mass is 429 g/mol. The summed E-state index contributed by atoms with van der Waals surface area (Å²) in [5.41, 5.74) is 0.0622. The Kier molecular flexibility index (Phi) is 4.72. The van der Waals surface area contributed by atoms with Crippen molar-refractivity contribution in [2.45, 2.75) is 0 Å². The van der Waals surface area contributed by atoms with Crippen molar-refractivity contribution in [3.63, 3.8) is 0 Å². The van der Waals surface area contributed by atoms with Crippen molar-refractivity contribution in [3.8, 4) is 6.07 Å². The zero-order valence-corrected chi connectivity index (χ0v) is 14.1. The fourth-order valence-corrected chi connectivity index (χ4v) is 3.42. The maximum Gasteiger partial charge on any atom is 0.270 e. The number of nitrogens with zero attached hydrogens (tertiary/aromatic N) is 2. The Morgan fingerprint density at radius 2 is 2.10 bits per heavy atom. The number of benzene rings is 1. The molecular weight excluding hydrogens is 426 g/mol. The normalized spacial score (nSPS) is 9.95. The smallest absolute Gasteiger partial charge is 0.270 e. The lowest BCUT2D eigenvalue weighted by molar-refractivity contribution is -0.384. The van der Waals surface area contributed by atoms with E-state index in [2.05, 4.69) is 37.2 Å². The third-order valence-electron chi connectivity index (χ3n) is 2.45. The van der Waals surface area contributed by atoms with Gasteiger partial charge in [-0.3, -0.25) is 14.9 Å². The van der Waals surface area contributed by atoms with E-state index in [4.69, 9.17) is 5.26 Å². The first-order valence-corrected chi connectivity index (χ1v) is 7.77. The SMILES string of the molecule is N#Cc1cc([N+](=O)[O-])ccc1NC(=O)c1cc(Br)c(Br)s1. The molecule has 0 radical (unpaired) electrons. The molecule has 1 aromatic carbocycles. The van der Waals surface area contributed by atoms with Gasteiger partial charge >= 0.3 is 0 Å². The fraction of sp³-hybridized carbons (Fsp3) is 0. The Morgan fingerprint density at radius 1 is 1.38 bits per heavy atom. The van der Waals surface area contributed by atoms with Crippen LogP contribution in [0.5, 0.6) is 0 Å². The van der Waals surface area contributed by atoms with Crippen molar-refractivity contribution in [1.29, 1.82) is 5.26 Å². The lowest BCUT2D eigenvalue weighted by Crippen LogP contribution is -2.11. The number of rotatable bonds is 3. The zero-order valence-electron chi connectivity index (χ0n) is 10.1. The maximum absolute atomic E-state index is 12.1. The van der Waals surface area contributed by atoms with E-state index in [0.29, 0.717) is 4.88 Å². The van der Waals surface area contributed by atoms with Crippen LogP contribution in [0.25, 0.3) is 0 Å². The van der Waals surface area contributed by atoms with Gasteiger partial charge in [-0.2, -0.15) is 5.26 Å². The second-order valence-electron chi connectivity index (χ2n) is 3.79. The van der Waals surface area contributed by atoms with Gasteiger partial charge in [-0.25, -0.2) is 0 Å². The third-order valence-corrected chi connectivity index (χ3v) is 5.71. The zero-order chi connectivity index (χ0) is 15.6. The highest BCUT2D eigenvalue weighted by Gasteiger charge is 2.16. The van der Waals surface area contributed by atoms with Crippen LogP contribution in [-0.2, 0) is 0 Å². The molecule has 0 spiro atoms. The quantitative estimate of drug-likeness (QED) is 0.579. The number of halogens is 2. The van der Waals surface area contributed by atoms with Gasteiger partial charge in [0.25, 0.3) is 11.6 Å². The molecule has 2 rings (SSSR count). The van der Waals surface area contributed by atoms with Crippen LogP contribution in [0.2, 0.25) is 0 Å². The number of hydrogen-bond acceptors (Lipinski definition) is 5. The minimum Gasteiger partial charge on any atom is -0.320 e. The topological polar surface area (TPSA) is 96.0 Å². The number of hydrogen-bond donors (Lipinski definition) is 1. The number of anilines is 1. The Bertz CT molecular complexity index is 763. The van der Waals surface area contributed by atoms with Gasteiger partial charge in [0, 0.05) is 16.6 Å². The van der Waals surface area contributed by atoms with Crippen molar-refractivity contribution < 1.29 is 9.72 Å². The van der Waals surface area contributed by atoms with Gasteiger partial charge in [-0.15, -0.1) is 11.3 Å². The van der Waals surface area contributed by atoms with Crippen molar-refractivity contribution in [2.24, 2.45) is 0 Å². The molecule has 6 nitrogen and oxygen atoms in total. The summed E-state index contributed by atoms with van der Waals surface area (Å²) >= 11 is 7.80. The first-order valence-electron chi connectivity index (χ1n) is 5.37. The Morgan fingerprint density at radius 3 is 2.62 bits per heavy atom. The lowest BCUT2D eigenvalue weighted by atomic mass is 10.1. The number of non-ortho nitro benzene ring substituents is 1. The molecule has 9 heteroatoms. The summed E-state index contributed by atoms with van der Waals surface area (Å²) in [6.45, 7) is 0. The Hall–Kier alpha value is -1.76. The van der Waals surface area contributed by atoms with Gasteiger partial charge in [0.2, 0.25) is 0 Å². The minimum absolute atomic E-state index is 0.0345. The van der Waals surface area contributed by atoms with Crippen LogP contribution in [0.1, 0.15) is 15.2 Å². The number of nitro benzene ring substituents is 1. The molecule has 1 amide bonds. The number of carbonyl (C=O) groups excluding carboxylic acids is 1. The first kappa shape index (κ1) is 15.6. The second-order valence-corrected chi connectivity index (χ2v) is 7.01. The summed E-state index contributed by atoms with van der Waals surface area (Å²) in [5, 5.41) is 22.3. The molecule has 0 bridgehead atoms. The molecule has 1 aromatic heterocycles. The van der Waals surface area contributed by atoms with Crippen LogP contribution in [0.4, 0.5) is 11.4 Å². The summed E-state index contributed by atoms with van der Waals surface area (Å²) in [4.78, 5) is 22.6. The van der Waals surface area contributed by atoms with Crippen LogP contribution >= 0.6 is 43.2 Å². The number of nitro groups is 1. The lowest BCUT2D eigenvalue weighted by Gasteiger charge is -2.05. The summed E-state index contributed by atoms with van der Waals surface area (Å²) in [6.07, 6.45) is 0. The molecule has 0 aliphatic carbocycles. The molecule has 0 aliphatic heterocycles. The van der Waals surface area contributed by atoms with Gasteiger partial charge in [-0.05, 0) is 44.0 Å². The fourth-order valence-electron chi connectivity index (χ4n) is 1.49. The third kappa shape index (κ3) is 3.47. The molecule has 0 saturated carbocycles. The van der Waals surface area contributed by atoms with Gasteiger partial charge in [0.05, 0.1) is 24.8 Å². The molecular formula is C12H5Br2N3O3S. The highest BCUT2D eigenvalue weighted by molar-refractivity contribution is 9.13. The summed E-state index contributed by atoms with van der Waals surface area (Å²) in [5.74, 6) is -0.392. The molecule has 106 valence electrons. The van der Waals surface area contributed by atoms with Crippen molar-refractivity contribution in [2.75, 3.05) is 5.32 Å². The first-order chi connectivity index (χ1) is 9.92. The summed E-state index contributed by atoms with van der Waals surface area (Å²) in [6, 6.07) is 7.16. The average molecular weight is 431 g/mol. The molecule has 1 N–H and O–H groups in total. The second kappa shape index (κ2) is 6.34. The van der Waals surface area contributed by atoms with E-state index in [-0.39, 0.29) is 16.9 Å². The molecule has 2 aromatic rings. The Labute approximate surface area is 139 Å².